The Hall–Kier alpha value is -2.64. The summed E-state index contributed by atoms with van der Waals surface area (Å²) in [6.07, 6.45) is 4.17. The molecule has 1 N–H and O–H groups in total. The van der Waals surface area contributed by atoms with E-state index in [1.807, 2.05) is 19.0 Å². The number of hydrogen-bond acceptors (Lipinski definition) is 6. The van der Waals surface area contributed by atoms with Gasteiger partial charge in [0.1, 0.15) is 0 Å². The van der Waals surface area contributed by atoms with E-state index >= 15 is 0 Å². The van der Waals surface area contributed by atoms with Gasteiger partial charge in [0.15, 0.2) is 0 Å². The molecule has 1 aliphatic rings. The van der Waals surface area contributed by atoms with Crippen LogP contribution < -0.4 is 10.2 Å². The average molecular weight is 334 g/mol. The van der Waals surface area contributed by atoms with Crippen molar-refractivity contribution in [1.82, 2.24) is 9.88 Å². The first kappa shape index (κ1) is 17.7. The minimum absolute atomic E-state index is 0.126. The number of methoxy groups -OCH3 is 1. The lowest BCUT2D eigenvalue weighted by Gasteiger charge is -2.39. The minimum Gasteiger partial charge on any atom is -0.469 e. The van der Waals surface area contributed by atoms with Gasteiger partial charge in [0.2, 0.25) is 0 Å². The summed E-state index contributed by atoms with van der Waals surface area (Å²) in [6, 6.07) is 1.60. The fraction of sp³-hybridized carbons (Fsp3) is 0.500. The molecule has 1 aromatic rings. The number of esters is 1. The molecule has 0 atom stereocenters. The van der Waals surface area contributed by atoms with Crippen LogP contribution in [0.3, 0.4) is 0 Å². The second-order valence-corrected chi connectivity index (χ2v) is 6.04. The van der Waals surface area contributed by atoms with E-state index in [1.165, 1.54) is 18.2 Å². The molecule has 130 valence electrons. The zero-order valence-corrected chi connectivity index (χ0v) is 14.3. The van der Waals surface area contributed by atoms with Crippen molar-refractivity contribution in [3.8, 4) is 0 Å². The molecule has 1 heterocycles. The topological polar surface area (TPSA) is 91.8 Å². The van der Waals surface area contributed by atoms with Gasteiger partial charge in [-0.05, 0) is 18.9 Å². The highest BCUT2D eigenvalue weighted by molar-refractivity contribution is 6.39. The average Bonchev–Trinajstić information content (AvgIpc) is 2.52. The summed E-state index contributed by atoms with van der Waals surface area (Å²) < 4.78 is 4.67. The van der Waals surface area contributed by atoms with E-state index in [0.717, 1.165) is 5.69 Å². The number of anilines is 2. The van der Waals surface area contributed by atoms with Crippen molar-refractivity contribution in [3.63, 3.8) is 0 Å². The van der Waals surface area contributed by atoms with Crippen LogP contribution in [0.25, 0.3) is 0 Å². The molecule has 0 bridgehead atoms. The number of aromatic nitrogens is 1. The van der Waals surface area contributed by atoms with E-state index < -0.39 is 11.8 Å². The van der Waals surface area contributed by atoms with E-state index in [-0.39, 0.29) is 17.9 Å². The summed E-state index contributed by atoms with van der Waals surface area (Å²) in [5, 5.41) is 2.56. The van der Waals surface area contributed by atoms with Gasteiger partial charge in [-0.3, -0.25) is 19.4 Å². The number of amides is 2. The van der Waals surface area contributed by atoms with Gasteiger partial charge in [-0.25, -0.2) is 0 Å². The molecule has 1 saturated carbocycles. The van der Waals surface area contributed by atoms with E-state index in [4.69, 9.17) is 0 Å². The number of nitrogens with one attached hydrogen (secondary N) is 1. The van der Waals surface area contributed by atoms with Gasteiger partial charge in [0.25, 0.3) is 0 Å². The van der Waals surface area contributed by atoms with E-state index in [2.05, 4.69) is 15.0 Å². The first-order valence-electron chi connectivity index (χ1n) is 7.61. The first-order chi connectivity index (χ1) is 11.3. The maximum Gasteiger partial charge on any atom is 0.313 e. The normalized spacial score (nSPS) is 19.0. The Kier molecular flexibility index (Phi) is 5.38. The molecule has 8 nitrogen and oxygen atoms in total. The number of carbonyl (C=O) groups excluding carboxylic acids is 3. The Morgan fingerprint density at radius 3 is 2.46 bits per heavy atom. The second-order valence-electron chi connectivity index (χ2n) is 6.04. The molecular formula is C16H22N4O4. The Bertz CT molecular complexity index is 641. The molecule has 0 unspecified atom stereocenters. The van der Waals surface area contributed by atoms with Crippen LogP contribution in [0.2, 0.25) is 0 Å². The first-order valence-corrected chi connectivity index (χ1v) is 7.61. The van der Waals surface area contributed by atoms with Crippen LogP contribution in [-0.2, 0) is 19.1 Å². The van der Waals surface area contributed by atoms with Crippen LogP contribution in [-0.4, -0.2) is 62.0 Å². The Morgan fingerprint density at radius 2 is 1.88 bits per heavy atom. The predicted molar refractivity (Wildman–Crippen MR) is 88.5 cm³/mol. The number of rotatable bonds is 4. The summed E-state index contributed by atoms with van der Waals surface area (Å²) >= 11 is 0. The number of nitrogens with zero attached hydrogens (tertiary/aromatic N) is 3. The number of pyridine rings is 1. The summed E-state index contributed by atoms with van der Waals surface area (Å²) in [5.41, 5.74) is 1.27. The van der Waals surface area contributed by atoms with Gasteiger partial charge in [-0.2, -0.15) is 0 Å². The van der Waals surface area contributed by atoms with Crippen molar-refractivity contribution < 1.29 is 19.1 Å². The van der Waals surface area contributed by atoms with E-state index in [1.54, 1.807) is 19.3 Å². The van der Waals surface area contributed by atoms with Crippen molar-refractivity contribution >= 4 is 29.2 Å². The zero-order valence-electron chi connectivity index (χ0n) is 14.3. The second kappa shape index (κ2) is 7.29. The fourth-order valence-corrected chi connectivity index (χ4v) is 2.51. The van der Waals surface area contributed by atoms with Gasteiger partial charge in [0.05, 0.1) is 36.8 Å². The lowest BCUT2D eigenvalue weighted by Crippen LogP contribution is -2.50. The molecule has 8 heteroatoms. The molecule has 2 amide bonds. The Labute approximate surface area is 140 Å². The Balaban J connectivity index is 1.92. The fourth-order valence-electron chi connectivity index (χ4n) is 2.51. The van der Waals surface area contributed by atoms with Crippen molar-refractivity contribution in [2.75, 3.05) is 38.5 Å². The lowest BCUT2D eigenvalue weighted by molar-refractivity contribution is -0.154. The molecule has 0 spiro atoms. The van der Waals surface area contributed by atoms with Crippen LogP contribution in [0, 0.1) is 5.92 Å². The summed E-state index contributed by atoms with van der Waals surface area (Å²) in [6.45, 7) is 0. The predicted octanol–water partition coefficient (Wildman–Crippen LogP) is 0.496. The Morgan fingerprint density at radius 1 is 1.21 bits per heavy atom. The van der Waals surface area contributed by atoms with Crippen LogP contribution in [0.4, 0.5) is 11.4 Å². The molecule has 0 radical (unpaired) electrons. The van der Waals surface area contributed by atoms with E-state index in [9.17, 15) is 14.4 Å². The third kappa shape index (κ3) is 3.81. The summed E-state index contributed by atoms with van der Waals surface area (Å²) in [5.74, 6) is -1.84. The van der Waals surface area contributed by atoms with Gasteiger partial charge < -0.3 is 19.9 Å². The molecule has 1 fully saturated rings. The van der Waals surface area contributed by atoms with Gasteiger partial charge in [0, 0.05) is 27.2 Å². The monoisotopic (exact) mass is 334 g/mol. The summed E-state index contributed by atoms with van der Waals surface area (Å²) in [4.78, 5) is 43.0. The number of hydrogen-bond donors (Lipinski definition) is 1. The highest BCUT2D eigenvalue weighted by atomic mass is 16.5. The smallest absolute Gasteiger partial charge is 0.313 e. The quantitative estimate of drug-likeness (QED) is 0.637. The maximum atomic E-state index is 12.2. The van der Waals surface area contributed by atoms with E-state index in [0.29, 0.717) is 18.5 Å². The number of carbonyl (C=O) groups is 3. The van der Waals surface area contributed by atoms with Gasteiger partial charge >= 0.3 is 17.8 Å². The maximum absolute atomic E-state index is 12.2. The molecule has 1 aromatic heterocycles. The van der Waals surface area contributed by atoms with Crippen molar-refractivity contribution in [3.05, 3.63) is 18.5 Å². The van der Waals surface area contributed by atoms with Gasteiger partial charge in [-0.15, -0.1) is 0 Å². The van der Waals surface area contributed by atoms with Crippen LogP contribution in [0.1, 0.15) is 12.8 Å². The van der Waals surface area contributed by atoms with Crippen molar-refractivity contribution in [1.29, 1.82) is 0 Å². The number of likely N-dealkylation sites (N-methyl/N-ethyl adjacent to an activating group) is 1. The summed E-state index contributed by atoms with van der Waals surface area (Å²) in [7, 11) is 6.62. The largest absolute Gasteiger partial charge is 0.469 e. The molecule has 0 aromatic carbocycles. The highest BCUT2D eigenvalue weighted by Gasteiger charge is 2.40. The van der Waals surface area contributed by atoms with Crippen LogP contribution in [0.5, 0.6) is 0 Å². The van der Waals surface area contributed by atoms with Crippen LogP contribution in [0.15, 0.2) is 18.5 Å². The zero-order chi connectivity index (χ0) is 17.9. The molecule has 24 heavy (non-hydrogen) atoms. The van der Waals surface area contributed by atoms with Crippen molar-refractivity contribution in [2.45, 2.75) is 18.9 Å². The third-order valence-electron chi connectivity index (χ3n) is 4.21. The standard InChI is InChI=1S/C16H22N4O4/c1-19(2)13-7-11(8-17-9-13)18-14(21)15(22)20(3)12-5-10(6-12)16(23)24-4/h7-10,12H,5-6H2,1-4H3,(H,18,21). The SMILES string of the molecule is COC(=O)C1CC(N(C)C(=O)C(=O)Nc2cncc(N(C)C)c2)C1. The minimum atomic E-state index is -0.725. The molecule has 2 rings (SSSR count). The highest BCUT2D eigenvalue weighted by Crippen LogP contribution is 2.32. The molecule has 1 aliphatic carbocycles. The van der Waals surface area contributed by atoms with Gasteiger partial charge in [-0.1, -0.05) is 0 Å². The molecule has 0 aliphatic heterocycles. The number of ether oxygens (including phenoxy) is 1. The molecular weight excluding hydrogens is 312 g/mol. The van der Waals surface area contributed by atoms with Crippen LogP contribution >= 0.6 is 0 Å². The van der Waals surface area contributed by atoms with Crippen molar-refractivity contribution in [2.24, 2.45) is 5.92 Å². The molecule has 0 saturated heterocycles. The lowest BCUT2D eigenvalue weighted by atomic mass is 9.79. The third-order valence-corrected chi connectivity index (χ3v) is 4.21.